The molecule has 0 aromatic carbocycles. The van der Waals surface area contributed by atoms with E-state index in [4.69, 9.17) is 9.84 Å². The summed E-state index contributed by atoms with van der Waals surface area (Å²) in [6.45, 7) is 3.53. The van der Waals surface area contributed by atoms with Gasteiger partial charge in [0, 0.05) is 0 Å². The normalized spacial score (nSPS) is 10.2. The van der Waals surface area contributed by atoms with Crippen LogP contribution in [-0.4, -0.2) is 17.2 Å². The Labute approximate surface area is 74.6 Å². The van der Waals surface area contributed by atoms with E-state index in [1.165, 1.54) is 17.4 Å². The molecule has 0 spiro atoms. The first kappa shape index (κ1) is 9.06. The molecule has 0 saturated heterocycles. The Morgan fingerprint density at radius 3 is 2.75 bits per heavy atom. The van der Waals surface area contributed by atoms with Gasteiger partial charge >= 0.3 is 5.97 Å². The number of hydrogen-bond acceptors (Lipinski definition) is 4. The molecular weight excluding hydrogens is 176 g/mol. The molecule has 1 N–H and O–H groups in total. The molecular formula is C8H10O3S. The fourth-order valence-electron chi connectivity index (χ4n) is 0.723. The average Bonchev–Trinajstić information content (AvgIpc) is 2.33. The molecule has 12 heavy (non-hydrogen) atoms. The summed E-state index contributed by atoms with van der Waals surface area (Å²) in [5, 5.41) is 10.8. The van der Waals surface area contributed by atoms with Crippen LogP contribution in [0.2, 0.25) is 0 Å². The number of carbonyl (C=O) groups excluding carboxylic acids is 1. The number of hydrogen-bond donors (Lipinski definition) is 1. The summed E-state index contributed by atoms with van der Waals surface area (Å²) in [6, 6.07) is 1.47. The lowest BCUT2D eigenvalue weighted by atomic mass is 10.4. The highest BCUT2D eigenvalue weighted by Gasteiger charge is 2.14. The number of esters is 1. The van der Waals surface area contributed by atoms with Crippen LogP contribution in [0.5, 0.6) is 5.75 Å². The Morgan fingerprint density at radius 2 is 2.33 bits per heavy atom. The van der Waals surface area contributed by atoms with Gasteiger partial charge in [-0.15, -0.1) is 11.3 Å². The molecule has 0 unspecified atom stereocenters. The Bertz CT molecular complexity index is 278. The van der Waals surface area contributed by atoms with Crippen LogP contribution >= 0.6 is 11.3 Å². The second kappa shape index (κ2) is 3.58. The number of carbonyl (C=O) groups is 1. The minimum atomic E-state index is -0.461. The van der Waals surface area contributed by atoms with Crippen LogP contribution in [-0.2, 0) is 4.74 Å². The number of rotatable bonds is 2. The van der Waals surface area contributed by atoms with Crippen molar-refractivity contribution in [1.29, 1.82) is 0 Å². The van der Waals surface area contributed by atoms with Gasteiger partial charge in [-0.3, -0.25) is 0 Å². The lowest BCUT2D eigenvalue weighted by Crippen LogP contribution is -2.10. The van der Waals surface area contributed by atoms with Crippen LogP contribution in [0.25, 0.3) is 0 Å². The van der Waals surface area contributed by atoms with Crippen LogP contribution in [0.3, 0.4) is 0 Å². The van der Waals surface area contributed by atoms with Gasteiger partial charge in [0.2, 0.25) is 0 Å². The van der Waals surface area contributed by atoms with Crippen molar-refractivity contribution < 1.29 is 14.6 Å². The van der Waals surface area contributed by atoms with Gasteiger partial charge < -0.3 is 9.84 Å². The van der Waals surface area contributed by atoms with Crippen molar-refractivity contribution in [2.75, 3.05) is 0 Å². The molecule has 0 fully saturated rings. The molecule has 1 aromatic rings. The van der Waals surface area contributed by atoms with Crippen molar-refractivity contribution in [2.45, 2.75) is 20.0 Å². The van der Waals surface area contributed by atoms with Crippen molar-refractivity contribution in [2.24, 2.45) is 0 Å². The minimum absolute atomic E-state index is 0.00866. The third-order valence-corrected chi connectivity index (χ3v) is 2.06. The van der Waals surface area contributed by atoms with E-state index in [2.05, 4.69) is 0 Å². The van der Waals surface area contributed by atoms with Gasteiger partial charge in [0.15, 0.2) is 4.88 Å². The van der Waals surface area contributed by atoms with E-state index in [1.807, 2.05) is 0 Å². The van der Waals surface area contributed by atoms with Crippen molar-refractivity contribution in [3.05, 3.63) is 16.3 Å². The highest BCUT2D eigenvalue weighted by Crippen LogP contribution is 2.24. The van der Waals surface area contributed by atoms with E-state index < -0.39 is 5.97 Å². The largest absolute Gasteiger partial charge is 0.506 e. The van der Waals surface area contributed by atoms with Crippen LogP contribution in [0.1, 0.15) is 23.5 Å². The number of ether oxygens (including phenoxy) is 1. The lowest BCUT2D eigenvalue weighted by Gasteiger charge is -2.05. The number of aromatic hydroxyl groups is 1. The molecule has 66 valence electrons. The quantitative estimate of drug-likeness (QED) is 0.719. The van der Waals surface area contributed by atoms with Gasteiger partial charge in [-0.25, -0.2) is 4.79 Å². The zero-order chi connectivity index (χ0) is 9.14. The smallest absolute Gasteiger partial charge is 0.352 e. The molecule has 0 amide bonds. The molecule has 1 rings (SSSR count). The predicted molar refractivity (Wildman–Crippen MR) is 46.5 cm³/mol. The van der Waals surface area contributed by atoms with Crippen molar-refractivity contribution >= 4 is 17.3 Å². The molecule has 0 aliphatic carbocycles. The van der Waals surface area contributed by atoms with E-state index in [1.54, 1.807) is 19.2 Å². The van der Waals surface area contributed by atoms with E-state index in [0.717, 1.165) is 0 Å². The van der Waals surface area contributed by atoms with E-state index >= 15 is 0 Å². The maximum atomic E-state index is 11.2. The molecule has 0 atom stereocenters. The molecule has 0 aliphatic heterocycles. The van der Waals surface area contributed by atoms with Crippen molar-refractivity contribution in [3.63, 3.8) is 0 Å². The topological polar surface area (TPSA) is 46.5 Å². The summed E-state index contributed by atoms with van der Waals surface area (Å²) >= 11 is 1.18. The first-order valence-electron chi connectivity index (χ1n) is 3.58. The Hall–Kier alpha value is -1.03. The maximum Gasteiger partial charge on any atom is 0.352 e. The summed E-state index contributed by atoms with van der Waals surface area (Å²) in [7, 11) is 0. The molecule has 1 aromatic heterocycles. The molecule has 1 heterocycles. The summed E-state index contributed by atoms with van der Waals surface area (Å²) in [4.78, 5) is 11.4. The van der Waals surface area contributed by atoms with Crippen LogP contribution in [0.15, 0.2) is 11.4 Å². The predicted octanol–water partition coefficient (Wildman–Crippen LogP) is 2.02. The molecule has 0 radical (unpaired) electrons. The summed E-state index contributed by atoms with van der Waals surface area (Å²) in [6.07, 6.45) is -0.154. The Kier molecular flexibility index (Phi) is 2.70. The van der Waals surface area contributed by atoms with Gasteiger partial charge in [-0.2, -0.15) is 0 Å². The third kappa shape index (κ3) is 1.98. The molecule has 4 heteroatoms. The van der Waals surface area contributed by atoms with E-state index in [0.29, 0.717) is 0 Å². The summed E-state index contributed by atoms with van der Waals surface area (Å²) in [5.41, 5.74) is 0. The summed E-state index contributed by atoms with van der Waals surface area (Å²) in [5.74, 6) is -0.469. The van der Waals surface area contributed by atoms with Gasteiger partial charge in [0.25, 0.3) is 0 Å². The monoisotopic (exact) mass is 186 g/mol. The highest BCUT2D eigenvalue weighted by atomic mass is 32.1. The van der Waals surface area contributed by atoms with Gasteiger partial charge in [-0.1, -0.05) is 0 Å². The highest BCUT2D eigenvalue weighted by molar-refractivity contribution is 7.12. The Balaban J connectivity index is 2.72. The maximum absolute atomic E-state index is 11.2. The lowest BCUT2D eigenvalue weighted by molar-refractivity contribution is 0.0381. The van der Waals surface area contributed by atoms with Crippen molar-refractivity contribution in [1.82, 2.24) is 0 Å². The van der Waals surface area contributed by atoms with Gasteiger partial charge in [-0.05, 0) is 25.3 Å². The van der Waals surface area contributed by atoms with Crippen LogP contribution in [0, 0.1) is 0 Å². The SMILES string of the molecule is CC(C)OC(=O)c1sccc1O. The minimum Gasteiger partial charge on any atom is -0.506 e. The van der Waals surface area contributed by atoms with Crippen LogP contribution in [0.4, 0.5) is 0 Å². The van der Waals surface area contributed by atoms with E-state index in [-0.39, 0.29) is 16.7 Å². The average molecular weight is 186 g/mol. The van der Waals surface area contributed by atoms with Gasteiger partial charge in [0.05, 0.1) is 6.10 Å². The fourth-order valence-corrected chi connectivity index (χ4v) is 1.39. The third-order valence-electron chi connectivity index (χ3n) is 1.17. The van der Waals surface area contributed by atoms with Crippen molar-refractivity contribution in [3.8, 4) is 5.75 Å². The molecule has 0 saturated carbocycles. The first-order chi connectivity index (χ1) is 5.61. The molecule has 0 aliphatic rings. The second-order valence-corrected chi connectivity index (χ2v) is 3.51. The Morgan fingerprint density at radius 1 is 1.67 bits per heavy atom. The van der Waals surface area contributed by atoms with Gasteiger partial charge in [0.1, 0.15) is 5.75 Å². The summed E-state index contributed by atoms with van der Waals surface area (Å²) < 4.78 is 4.89. The van der Waals surface area contributed by atoms with Crippen LogP contribution < -0.4 is 0 Å². The number of thiophene rings is 1. The van der Waals surface area contributed by atoms with E-state index in [9.17, 15) is 4.79 Å². The second-order valence-electron chi connectivity index (χ2n) is 2.59. The molecule has 3 nitrogen and oxygen atoms in total. The fraction of sp³-hybridized carbons (Fsp3) is 0.375. The standard InChI is InChI=1S/C8H10O3S/c1-5(2)11-8(10)7-6(9)3-4-12-7/h3-5,9H,1-2H3. The zero-order valence-corrected chi connectivity index (χ0v) is 7.72. The zero-order valence-electron chi connectivity index (χ0n) is 6.90. The molecule has 0 bridgehead atoms. The first-order valence-corrected chi connectivity index (χ1v) is 4.46.